The van der Waals surface area contributed by atoms with Gasteiger partial charge in [0.15, 0.2) is 7.14 Å². The van der Waals surface area contributed by atoms with Crippen LogP contribution < -0.4 is 21.2 Å². The highest BCUT2D eigenvalue weighted by molar-refractivity contribution is 5.27. The number of nitro benzene ring substituents is 1. The lowest BCUT2D eigenvalue weighted by Crippen LogP contribution is -3.61. The average Bonchev–Trinajstić information content (AvgIpc) is 2.40. The van der Waals surface area contributed by atoms with Crippen LogP contribution in [0.3, 0.4) is 0 Å². The Bertz CT molecular complexity index is 570. The molecule has 2 aromatic carbocycles. The van der Waals surface area contributed by atoms with Crippen molar-refractivity contribution in [3.63, 3.8) is 0 Å². The molecule has 2 N–H and O–H groups in total. The summed E-state index contributed by atoms with van der Waals surface area (Å²) in [5, 5.41) is 23.0. The van der Waals surface area contributed by atoms with E-state index in [2.05, 4.69) is 12.1 Å². The van der Waals surface area contributed by atoms with Crippen molar-refractivity contribution < 1.29 is 41.6 Å². The molecule has 8 heteroatoms. The molecule has 20 heavy (non-hydrogen) atoms. The van der Waals surface area contributed by atoms with Crippen molar-refractivity contribution in [2.24, 2.45) is 0 Å². The van der Waals surface area contributed by atoms with Gasteiger partial charge in [-0.3, -0.25) is 10.1 Å². The third kappa shape index (κ3) is 6.09. The molecule has 7 nitrogen and oxygen atoms in total. The summed E-state index contributed by atoms with van der Waals surface area (Å²) in [6.45, 7) is 0. The second kappa shape index (κ2) is 8.04. The molecule has 0 unspecified atom stereocenters. The number of nitrogens with zero attached hydrogens (tertiary/aromatic N) is 2. The minimum Gasteiger partial charge on any atom is -0.258 e. The van der Waals surface area contributed by atoms with E-state index in [4.69, 9.17) is 15.3 Å². The van der Waals surface area contributed by atoms with Crippen LogP contribution in [0.25, 0.3) is 0 Å². The van der Waals surface area contributed by atoms with Crippen molar-refractivity contribution in [2.75, 3.05) is 0 Å². The molecule has 2 aromatic rings. The number of nitro groups is 1. The summed E-state index contributed by atoms with van der Waals surface area (Å²) in [4.78, 5) is 18.6. The Morgan fingerprint density at radius 3 is 1.75 bits per heavy atom. The van der Waals surface area contributed by atoms with Crippen LogP contribution in [0.2, 0.25) is 0 Å². The van der Waals surface area contributed by atoms with E-state index in [1.807, 2.05) is 30.3 Å². The van der Waals surface area contributed by atoms with Crippen molar-refractivity contribution in [1.82, 2.24) is 0 Å². The molecule has 0 saturated carbocycles. The van der Waals surface area contributed by atoms with Crippen LogP contribution >= 0.6 is 0 Å². The molecule has 0 amide bonds. The molecule has 0 heterocycles. The molecule has 0 aliphatic heterocycles. The van der Waals surface area contributed by atoms with Crippen molar-refractivity contribution >= 4 is 5.69 Å². The number of hydrogen-bond donors (Lipinski definition) is 2. The zero-order valence-corrected chi connectivity index (χ0v) is 12.2. The van der Waals surface area contributed by atoms with E-state index < -0.39 is 5.09 Å². The maximum absolute atomic E-state index is 10.5. The zero-order chi connectivity index (χ0) is 15.0. The summed E-state index contributed by atoms with van der Waals surface area (Å²) in [5.41, 5.74) is 0.154. The Morgan fingerprint density at radius 2 is 1.30 bits per heavy atom. The molecule has 0 aromatic heterocycles. The van der Waals surface area contributed by atoms with Gasteiger partial charge < -0.3 is 0 Å². The first-order chi connectivity index (χ1) is 9.49. The van der Waals surface area contributed by atoms with Gasteiger partial charge in [0, 0.05) is 12.1 Å². The van der Waals surface area contributed by atoms with Gasteiger partial charge in [0.25, 0.3) is 5.69 Å². The van der Waals surface area contributed by atoms with Gasteiger partial charge in [-0.25, -0.2) is 10.4 Å². The first-order valence-corrected chi connectivity index (χ1v) is 7.44. The fourth-order valence-electron chi connectivity index (χ4n) is 1.23. The van der Waals surface area contributed by atoms with Gasteiger partial charge in [-0.2, -0.15) is 0 Å². The quantitative estimate of drug-likeness (QED) is 0.409. The second-order valence-corrected chi connectivity index (χ2v) is 6.41. The van der Waals surface area contributed by atoms with Gasteiger partial charge in [0.05, 0.1) is 4.92 Å². The number of non-ortho nitro benzene ring substituents is 1. The summed E-state index contributed by atoms with van der Waals surface area (Å²) < 4.78 is 2.51. The van der Waals surface area contributed by atoms with Crippen molar-refractivity contribution in [3.8, 4) is 0 Å². The van der Waals surface area contributed by atoms with Crippen LogP contribution in [0.1, 0.15) is 0 Å². The molecule has 0 aliphatic carbocycles. The lowest BCUT2D eigenvalue weighted by atomic mass is 10.3. The standard InChI is InChI=1S/C12H9INO2.H2NO3/c15-14(16)12-8-6-11(7-9-12)13-10-4-2-1-3-5-10;2-1(3)4/h1-9H;(H2,2,3,4)/q2*+1. The number of rotatable bonds is 3. The van der Waals surface area contributed by atoms with E-state index >= 15 is 0 Å². The number of halogens is 1. The van der Waals surface area contributed by atoms with E-state index in [1.54, 1.807) is 12.1 Å². The number of benzene rings is 2. The Morgan fingerprint density at radius 1 is 0.850 bits per heavy atom. The fourth-order valence-corrected chi connectivity index (χ4v) is 3.44. The summed E-state index contributed by atoms with van der Waals surface area (Å²) in [6, 6.07) is 17.0. The predicted octanol–water partition coefficient (Wildman–Crippen LogP) is -0.733. The predicted molar refractivity (Wildman–Crippen MR) is 64.1 cm³/mol. The van der Waals surface area contributed by atoms with E-state index in [0.29, 0.717) is 0 Å². The normalized spacial score (nSPS) is 9.20. The monoisotopic (exact) mass is 390 g/mol. The van der Waals surface area contributed by atoms with Crippen LogP contribution in [0, 0.1) is 22.2 Å². The maximum Gasteiger partial charge on any atom is 0.472 e. The van der Waals surface area contributed by atoms with E-state index in [-0.39, 0.29) is 31.8 Å². The van der Waals surface area contributed by atoms with Crippen LogP contribution in [-0.2, 0) is 0 Å². The van der Waals surface area contributed by atoms with Gasteiger partial charge in [0.1, 0.15) is 4.91 Å². The van der Waals surface area contributed by atoms with Gasteiger partial charge in [-0.15, -0.1) is 0 Å². The first-order valence-electron chi connectivity index (χ1n) is 5.28. The minimum atomic E-state index is -1.25. The Hall–Kier alpha value is -2.23. The molecule has 0 bridgehead atoms. The maximum atomic E-state index is 10.5. The average molecular weight is 390 g/mol. The Kier molecular flexibility index (Phi) is 6.37. The van der Waals surface area contributed by atoms with Crippen LogP contribution in [0.5, 0.6) is 0 Å². The zero-order valence-electron chi connectivity index (χ0n) is 10.1. The van der Waals surface area contributed by atoms with Gasteiger partial charge in [-0.05, 0) is 24.3 Å². The first kappa shape index (κ1) is 15.8. The molecular weight excluding hydrogens is 379 g/mol. The third-order valence-electron chi connectivity index (χ3n) is 1.99. The van der Waals surface area contributed by atoms with Crippen molar-refractivity contribution in [2.45, 2.75) is 0 Å². The molecular formula is C12H11IN2O5+2. The van der Waals surface area contributed by atoms with Crippen molar-refractivity contribution in [3.05, 3.63) is 76.8 Å². The molecule has 0 radical (unpaired) electrons. The van der Waals surface area contributed by atoms with Crippen LogP contribution in [0.15, 0.2) is 54.6 Å². The molecule has 0 spiro atoms. The molecule has 2 rings (SSSR count). The minimum absolute atomic E-state index is 0.154. The van der Waals surface area contributed by atoms with E-state index in [0.717, 1.165) is 0 Å². The molecule has 0 aliphatic rings. The molecule has 0 atom stereocenters. The summed E-state index contributed by atoms with van der Waals surface area (Å²) in [7, 11) is 0. The fraction of sp³-hybridized carbons (Fsp3) is 0. The highest BCUT2D eigenvalue weighted by Gasteiger charge is 2.16. The molecule has 0 fully saturated rings. The SMILES string of the molecule is O=[N+](O)O.O=[N+]([O-])c1ccc([I+]c2ccccc2)cc1. The summed E-state index contributed by atoms with van der Waals surface area (Å²) in [5.74, 6) is 0. The highest BCUT2D eigenvalue weighted by atomic mass is 127. The highest BCUT2D eigenvalue weighted by Crippen LogP contribution is 2.07. The lowest BCUT2D eigenvalue weighted by molar-refractivity contribution is -0.969. The topological polar surface area (TPSA) is 104 Å². The largest absolute Gasteiger partial charge is 0.472 e. The summed E-state index contributed by atoms with van der Waals surface area (Å²) >= 11 is -0.227. The third-order valence-corrected chi connectivity index (χ3v) is 4.67. The van der Waals surface area contributed by atoms with Gasteiger partial charge >= 0.3 is 26.3 Å². The van der Waals surface area contributed by atoms with Crippen LogP contribution in [0.4, 0.5) is 5.69 Å². The molecule has 0 saturated heterocycles. The lowest BCUT2D eigenvalue weighted by Gasteiger charge is -1.89. The van der Waals surface area contributed by atoms with Gasteiger partial charge in [-0.1, -0.05) is 18.2 Å². The Balaban J connectivity index is 0.000000444. The smallest absolute Gasteiger partial charge is 0.258 e. The molecule has 104 valence electrons. The van der Waals surface area contributed by atoms with Crippen LogP contribution in [-0.4, -0.2) is 20.4 Å². The number of hydrogen-bond acceptors (Lipinski definition) is 3. The van der Waals surface area contributed by atoms with Crippen molar-refractivity contribution in [1.29, 1.82) is 0 Å². The van der Waals surface area contributed by atoms with E-state index in [1.165, 1.54) is 7.14 Å². The van der Waals surface area contributed by atoms with Gasteiger partial charge in [0.2, 0.25) is 0 Å². The second-order valence-electron chi connectivity index (χ2n) is 3.38. The Labute approximate surface area is 124 Å². The van der Waals surface area contributed by atoms with E-state index in [9.17, 15) is 10.1 Å². The summed E-state index contributed by atoms with van der Waals surface area (Å²) in [6.07, 6.45) is 0.